The second kappa shape index (κ2) is 12.5. The molecule has 0 spiro atoms. The Kier molecular flexibility index (Phi) is 8.99. The number of aromatic amines is 2. The molecule has 0 saturated carbocycles. The molecule has 5 N–H and O–H groups in total. The topological polar surface area (TPSA) is 165 Å². The number of carboxylic acids is 2. The molecular formula is C33H36N4O6. The number of nitrogens with one attached hydrogen (secondary N) is 3. The normalized spacial score (nSPS) is 17.7. The van der Waals surface area contributed by atoms with Crippen LogP contribution < -0.4 is 16.0 Å². The summed E-state index contributed by atoms with van der Waals surface area (Å²) in [6.07, 6.45) is 7.64. The van der Waals surface area contributed by atoms with E-state index in [0.29, 0.717) is 45.2 Å². The first kappa shape index (κ1) is 31.0. The van der Waals surface area contributed by atoms with Crippen LogP contribution in [0, 0.1) is 13.8 Å². The zero-order valence-electron chi connectivity index (χ0n) is 24.8. The molecule has 1 atom stereocenters. The molecule has 2 aromatic rings. The second-order valence-corrected chi connectivity index (χ2v) is 10.8. The molecule has 2 aromatic heterocycles. The van der Waals surface area contributed by atoms with Crippen molar-refractivity contribution in [2.45, 2.75) is 65.8 Å². The lowest BCUT2D eigenvalue weighted by molar-refractivity contribution is -0.138. The number of carboxylic acid groups (broad SMARTS) is 2. The van der Waals surface area contributed by atoms with Crippen molar-refractivity contribution in [1.82, 2.24) is 15.3 Å². The van der Waals surface area contributed by atoms with Gasteiger partial charge in [-0.25, -0.2) is 4.99 Å². The van der Waals surface area contributed by atoms with Crippen molar-refractivity contribution in [2.75, 3.05) is 0 Å². The predicted molar refractivity (Wildman–Crippen MR) is 164 cm³/mol. The monoisotopic (exact) mass is 584 g/mol. The third-order valence-electron chi connectivity index (χ3n) is 8.24. The molecule has 0 fully saturated rings. The Bertz CT molecular complexity index is 1790. The number of hydrogen-bond donors (Lipinski definition) is 5. The number of allylic oxidation sites excluding steroid dienone is 1. The van der Waals surface area contributed by atoms with E-state index in [0.717, 1.165) is 33.5 Å². The van der Waals surface area contributed by atoms with Gasteiger partial charge in [0.2, 0.25) is 5.91 Å². The predicted octanol–water partition coefficient (Wildman–Crippen LogP) is 2.63. The summed E-state index contributed by atoms with van der Waals surface area (Å²) in [6.45, 7) is 14.9. The first-order valence-corrected chi connectivity index (χ1v) is 14.0. The Labute approximate surface area is 249 Å². The van der Waals surface area contributed by atoms with Crippen LogP contribution >= 0.6 is 0 Å². The molecule has 43 heavy (non-hydrogen) atoms. The Morgan fingerprint density at radius 1 is 0.860 bits per heavy atom. The minimum Gasteiger partial charge on any atom is -0.481 e. The Morgan fingerprint density at radius 3 is 2.09 bits per heavy atom. The molecule has 0 bridgehead atoms. The van der Waals surface area contributed by atoms with Gasteiger partial charge in [-0.15, -0.1) is 0 Å². The Hall–Kier alpha value is -4.99. The summed E-state index contributed by atoms with van der Waals surface area (Å²) < 4.78 is 0. The van der Waals surface area contributed by atoms with Gasteiger partial charge in [0.25, 0.3) is 5.91 Å². The van der Waals surface area contributed by atoms with Gasteiger partial charge in [0.1, 0.15) is 0 Å². The van der Waals surface area contributed by atoms with Crippen LogP contribution in [0.2, 0.25) is 0 Å². The zero-order chi connectivity index (χ0) is 31.6. The zero-order valence-corrected chi connectivity index (χ0v) is 24.8. The van der Waals surface area contributed by atoms with Crippen LogP contribution in [0.4, 0.5) is 0 Å². The number of nitrogens with zero attached hydrogens (tertiary/aromatic N) is 1. The summed E-state index contributed by atoms with van der Waals surface area (Å²) in [6, 6.07) is -0.269. The van der Waals surface area contributed by atoms with Crippen LogP contribution in [0.3, 0.4) is 0 Å². The van der Waals surface area contributed by atoms with Gasteiger partial charge in [-0.3, -0.25) is 19.2 Å². The highest BCUT2D eigenvalue weighted by molar-refractivity contribution is 6.31. The van der Waals surface area contributed by atoms with Gasteiger partial charge in [0.15, 0.2) is 0 Å². The van der Waals surface area contributed by atoms with Gasteiger partial charge in [0, 0.05) is 52.5 Å². The summed E-state index contributed by atoms with van der Waals surface area (Å²) in [5, 5.41) is 23.2. The van der Waals surface area contributed by atoms with Crippen molar-refractivity contribution >= 4 is 41.6 Å². The smallest absolute Gasteiger partial charge is 0.303 e. The molecule has 4 heterocycles. The highest BCUT2D eigenvalue weighted by Gasteiger charge is 2.29. The molecule has 0 unspecified atom stereocenters. The van der Waals surface area contributed by atoms with Gasteiger partial charge >= 0.3 is 11.9 Å². The fraction of sp³-hybridized carbons (Fsp3) is 0.303. The number of carbonyl (C=O) groups is 4. The third-order valence-corrected chi connectivity index (χ3v) is 8.24. The van der Waals surface area contributed by atoms with E-state index in [1.807, 2.05) is 19.9 Å². The Morgan fingerprint density at radius 2 is 1.51 bits per heavy atom. The lowest BCUT2D eigenvalue weighted by Crippen LogP contribution is -2.30. The van der Waals surface area contributed by atoms with Crippen LogP contribution in [-0.4, -0.2) is 55.7 Å². The van der Waals surface area contributed by atoms with E-state index in [-0.39, 0.29) is 43.5 Å². The third kappa shape index (κ3) is 6.28. The lowest BCUT2D eigenvalue weighted by Gasteiger charge is -2.13. The maximum atomic E-state index is 12.3. The van der Waals surface area contributed by atoms with Gasteiger partial charge < -0.3 is 25.5 Å². The molecule has 224 valence electrons. The highest BCUT2D eigenvalue weighted by Crippen LogP contribution is 2.26. The van der Waals surface area contributed by atoms with E-state index in [9.17, 15) is 29.4 Å². The standard InChI is InChI=1S/C33H36N4O6/c1-7-20-19(6)32(42)37-27(20)14-25-18(5)23(10-12-31(40)41)29(35-25)15-28-22(9-11-30(38)39)17(4)24(34-28)13-26-16(3)21(8-2)33(43)36-26/h7-8,13,15,27,34-35H,1-2,9-12,14H2,3-6H3,(H,37,42)(H,38,39)(H,40,41)/t27-/m1/s1. The van der Waals surface area contributed by atoms with E-state index in [4.69, 9.17) is 0 Å². The summed E-state index contributed by atoms with van der Waals surface area (Å²) in [5.41, 5.74) is 7.97. The van der Waals surface area contributed by atoms with Gasteiger partial charge in [0.05, 0.1) is 11.8 Å². The average molecular weight is 585 g/mol. The number of carbonyl (C=O) groups excluding carboxylic acids is 2. The van der Waals surface area contributed by atoms with E-state index in [1.165, 1.54) is 6.08 Å². The second-order valence-electron chi connectivity index (χ2n) is 10.8. The number of hydrogen-bond acceptors (Lipinski definition) is 4. The minimum atomic E-state index is -0.933. The van der Waals surface area contributed by atoms with Crippen molar-refractivity contribution < 1.29 is 29.4 Å². The van der Waals surface area contributed by atoms with Crippen molar-refractivity contribution in [3.05, 3.63) is 91.9 Å². The van der Waals surface area contributed by atoms with E-state index in [1.54, 1.807) is 26.0 Å². The summed E-state index contributed by atoms with van der Waals surface area (Å²) in [7, 11) is 0. The summed E-state index contributed by atoms with van der Waals surface area (Å²) in [4.78, 5) is 58.6. The molecule has 0 aromatic carbocycles. The molecule has 2 amide bonds. The molecule has 10 heteroatoms. The number of aliphatic imine (C=N–C) groups is 1. The Balaban J connectivity index is 1.87. The quantitative estimate of drug-likeness (QED) is 0.257. The van der Waals surface area contributed by atoms with Crippen molar-refractivity contribution in [1.29, 1.82) is 0 Å². The highest BCUT2D eigenvalue weighted by atomic mass is 16.4. The number of aliphatic carboxylic acids is 2. The van der Waals surface area contributed by atoms with Crippen LogP contribution in [0.5, 0.6) is 0 Å². The summed E-state index contributed by atoms with van der Waals surface area (Å²) in [5.74, 6) is -2.36. The van der Waals surface area contributed by atoms with Crippen molar-refractivity contribution in [2.24, 2.45) is 4.99 Å². The van der Waals surface area contributed by atoms with Crippen molar-refractivity contribution in [3.63, 3.8) is 0 Å². The van der Waals surface area contributed by atoms with Gasteiger partial charge in [-0.2, -0.15) is 0 Å². The molecule has 0 saturated heterocycles. The summed E-state index contributed by atoms with van der Waals surface area (Å²) >= 11 is 0. The fourth-order valence-corrected chi connectivity index (χ4v) is 5.71. The van der Waals surface area contributed by atoms with E-state index in [2.05, 4.69) is 33.4 Å². The molecule has 2 aliphatic heterocycles. The molecule has 0 radical (unpaired) electrons. The maximum Gasteiger partial charge on any atom is 0.303 e. The van der Waals surface area contributed by atoms with Crippen LogP contribution in [-0.2, 0) is 38.4 Å². The molecule has 10 nitrogen and oxygen atoms in total. The number of amides is 2. The lowest BCUT2D eigenvalue weighted by atomic mass is 9.98. The first-order valence-electron chi connectivity index (χ1n) is 14.0. The minimum absolute atomic E-state index is 0.0736. The number of rotatable bonds is 12. The molecular weight excluding hydrogens is 548 g/mol. The van der Waals surface area contributed by atoms with E-state index < -0.39 is 11.9 Å². The van der Waals surface area contributed by atoms with Crippen LogP contribution in [0.1, 0.15) is 60.3 Å². The van der Waals surface area contributed by atoms with Crippen LogP contribution in [0.25, 0.3) is 12.2 Å². The number of H-pyrrole nitrogens is 2. The number of aromatic nitrogens is 2. The SMILES string of the molecule is C=CC1=C(C)C(C=c2[nH]c(=Cc3[nH]c(C[C@H]4NC(=O)C(C)=C4C=C)c(C)c3CCC(=O)O)c(CCC(=O)O)c2C)=NC1=O. The average Bonchev–Trinajstić information content (AvgIpc) is 3.59. The fourth-order valence-electron chi connectivity index (χ4n) is 5.71. The molecule has 2 aliphatic rings. The first-order chi connectivity index (χ1) is 20.4. The van der Waals surface area contributed by atoms with Gasteiger partial charge in [-0.05, 0) is 86.1 Å². The van der Waals surface area contributed by atoms with E-state index >= 15 is 0 Å². The largest absolute Gasteiger partial charge is 0.481 e. The maximum absolute atomic E-state index is 12.3. The van der Waals surface area contributed by atoms with Gasteiger partial charge in [-0.1, -0.05) is 25.3 Å². The molecule has 0 aliphatic carbocycles. The molecule has 4 rings (SSSR count). The van der Waals surface area contributed by atoms with Crippen molar-refractivity contribution in [3.8, 4) is 0 Å². The van der Waals surface area contributed by atoms with Crippen LogP contribution in [0.15, 0.2) is 52.6 Å².